The SMILES string of the molecule is Cc1c(OC2CC2)ccnc1C(=O)N(C)C. The average Bonchev–Trinajstić information content (AvgIpc) is 3.04. The Morgan fingerprint density at radius 1 is 1.50 bits per heavy atom. The van der Waals surface area contributed by atoms with Gasteiger partial charge in [0.05, 0.1) is 6.10 Å². The minimum Gasteiger partial charge on any atom is -0.490 e. The van der Waals surface area contributed by atoms with E-state index in [4.69, 9.17) is 4.74 Å². The number of pyridine rings is 1. The summed E-state index contributed by atoms with van der Waals surface area (Å²) in [6, 6.07) is 1.82. The van der Waals surface area contributed by atoms with Gasteiger partial charge in [0.25, 0.3) is 5.91 Å². The Morgan fingerprint density at radius 2 is 2.19 bits per heavy atom. The summed E-state index contributed by atoms with van der Waals surface area (Å²) in [4.78, 5) is 17.5. The lowest BCUT2D eigenvalue weighted by Gasteiger charge is -2.14. The molecule has 1 aliphatic rings. The van der Waals surface area contributed by atoms with Crippen LogP contribution in [0.4, 0.5) is 0 Å². The van der Waals surface area contributed by atoms with Gasteiger partial charge < -0.3 is 9.64 Å². The summed E-state index contributed by atoms with van der Waals surface area (Å²) in [5, 5.41) is 0. The average molecular weight is 220 g/mol. The molecule has 1 saturated carbocycles. The second-order valence-corrected chi connectivity index (χ2v) is 4.30. The van der Waals surface area contributed by atoms with Crippen molar-refractivity contribution in [3.8, 4) is 5.75 Å². The lowest BCUT2D eigenvalue weighted by Crippen LogP contribution is -2.24. The molecule has 1 amide bonds. The van der Waals surface area contributed by atoms with Crippen molar-refractivity contribution in [3.05, 3.63) is 23.5 Å². The van der Waals surface area contributed by atoms with E-state index in [1.165, 1.54) is 4.90 Å². The molecule has 1 aliphatic carbocycles. The molecule has 2 rings (SSSR count). The van der Waals surface area contributed by atoms with Gasteiger partial charge in [-0.3, -0.25) is 9.78 Å². The van der Waals surface area contributed by atoms with Crippen LogP contribution in [0.15, 0.2) is 12.3 Å². The highest BCUT2D eigenvalue weighted by atomic mass is 16.5. The molecule has 0 bridgehead atoms. The van der Waals surface area contributed by atoms with Gasteiger partial charge in [-0.05, 0) is 25.8 Å². The van der Waals surface area contributed by atoms with Gasteiger partial charge >= 0.3 is 0 Å². The summed E-state index contributed by atoms with van der Waals surface area (Å²) in [6.45, 7) is 1.88. The molecular weight excluding hydrogens is 204 g/mol. The predicted molar refractivity (Wildman–Crippen MR) is 60.6 cm³/mol. The highest BCUT2D eigenvalue weighted by Crippen LogP contribution is 2.29. The van der Waals surface area contributed by atoms with Crippen LogP contribution in [0, 0.1) is 6.92 Å². The van der Waals surface area contributed by atoms with Gasteiger partial charge in [-0.15, -0.1) is 0 Å². The molecule has 0 saturated heterocycles. The third kappa shape index (κ3) is 2.15. The minimum absolute atomic E-state index is 0.0845. The van der Waals surface area contributed by atoms with E-state index in [1.54, 1.807) is 20.3 Å². The molecule has 86 valence electrons. The highest BCUT2D eigenvalue weighted by Gasteiger charge is 2.25. The van der Waals surface area contributed by atoms with Crippen LogP contribution in [0.2, 0.25) is 0 Å². The fourth-order valence-corrected chi connectivity index (χ4v) is 1.44. The molecule has 1 fully saturated rings. The minimum atomic E-state index is -0.0845. The predicted octanol–water partition coefficient (Wildman–Crippen LogP) is 1.63. The number of hydrogen-bond acceptors (Lipinski definition) is 3. The fourth-order valence-electron chi connectivity index (χ4n) is 1.44. The van der Waals surface area contributed by atoms with Gasteiger partial charge in [-0.2, -0.15) is 0 Å². The molecule has 1 aromatic heterocycles. The van der Waals surface area contributed by atoms with Crippen LogP contribution in [0.25, 0.3) is 0 Å². The summed E-state index contributed by atoms with van der Waals surface area (Å²) in [7, 11) is 3.44. The zero-order chi connectivity index (χ0) is 11.7. The van der Waals surface area contributed by atoms with Gasteiger partial charge in [0, 0.05) is 25.9 Å². The summed E-state index contributed by atoms with van der Waals surface area (Å²) < 4.78 is 5.72. The summed E-state index contributed by atoms with van der Waals surface area (Å²) in [6.07, 6.45) is 4.18. The van der Waals surface area contributed by atoms with E-state index in [-0.39, 0.29) is 5.91 Å². The van der Waals surface area contributed by atoms with Crippen molar-refractivity contribution in [1.82, 2.24) is 9.88 Å². The van der Waals surface area contributed by atoms with Crippen LogP contribution >= 0.6 is 0 Å². The van der Waals surface area contributed by atoms with E-state index in [1.807, 2.05) is 13.0 Å². The molecule has 1 aromatic rings. The molecule has 0 aliphatic heterocycles. The van der Waals surface area contributed by atoms with Crippen LogP contribution in [-0.4, -0.2) is 36.0 Å². The van der Waals surface area contributed by atoms with E-state index in [0.29, 0.717) is 11.8 Å². The first-order valence-electron chi connectivity index (χ1n) is 5.43. The molecule has 0 spiro atoms. The van der Waals surface area contributed by atoms with Crippen LogP contribution < -0.4 is 4.74 Å². The first-order valence-corrected chi connectivity index (χ1v) is 5.43. The molecule has 4 heteroatoms. The normalized spacial score (nSPS) is 14.7. The van der Waals surface area contributed by atoms with Gasteiger partial charge in [0.1, 0.15) is 11.4 Å². The maximum absolute atomic E-state index is 11.8. The number of hydrogen-bond donors (Lipinski definition) is 0. The Balaban J connectivity index is 2.27. The number of rotatable bonds is 3. The standard InChI is InChI=1S/C12H16N2O2/c1-8-10(16-9-4-5-9)6-7-13-11(8)12(15)14(2)3/h6-7,9H,4-5H2,1-3H3. The second kappa shape index (κ2) is 4.12. The number of amides is 1. The van der Waals surface area contributed by atoms with E-state index < -0.39 is 0 Å². The van der Waals surface area contributed by atoms with Crippen molar-refractivity contribution >= 4 is 5.91 Å². The topological polar surface area (TPSA) is 42.4 Å². The largest absolute Gasteiger partial charge is 0.490 e. The van der Waals surface area contributed by atoms with Crippen molar-refractivity contribution < 1.29 is 9.53 Å². The van der Waals surface area contributed by atoms with E-state index in [9.17, 15) is 4.79 Å². The molecule has 16 heavy (non-hydrogen) atoms. The summed E-state index contributed by atoms with van der Waals surface area (Å²) >= 11 is 0. The zero-order valence-corrected chi connectivity index (χ0v) is 9.86. The molecule has 4 nitrogen and oxygen atoms in total. The van der Waals surface area contributed by atoms with Gasteiger partial charge in [-0.25, -0.2) is 0 Å². The second-order valence-electron chi connectivity index (χ2n) is 4.30. The van der Waals surface area contributed by atoms with Crippen molar-refractivity contribution in [2.75, 3.05) is 14.1 Å². The van der Waals surface area contributed by atoms with Crippen molar-refractivity contribution in [3.63, 3.8) is 0 Å². The number of carbonyl (C=O) groups is 1. The van der Waals surface area contributed by atoms with Crippen LogP contribution in [0.3, 0.4) is 0 Å². The Morgan fingerprint density at radius 3 is 2.75 bits per heavy atom. The van der Waals surface area contributed by atoms with E-state index in [0.717, 1.165) is 24.2 Å². The van der Waals surface area contributed by atoms with E-state index >= 15 is 0 Å². The maximum atomic E-state index is 11.8. The first-order chi connectivity index (χ1) is 7.59. The lowest BCUT2D eigenvalue weighted by atomic mass is 10.2. The molecular formula is C12H16N2O2. The van der Waals surface area contributed by atoms with Crippen LogP contribution in [0.5, 0.6) is 5.75 Å². The van der Waals surface area contributed by atoms with Crippen molar-refractivity contribution in [1.29, 1.82) is 0 Å². The summed E-state index contributed by atoms with van der Waals surface area (Å²) in [5.74, 6) is 0.696. The third-order valence-electron chi connectivity index (χ3n) is 2.58. The molecule has 0 radical (unpaired) electrons. The molecule has 0 aromatic carbocycles. The quantitative estimate of drug-likeness (QED) is 0.777. The number of ether oxygens (including phenoxy) is 1. The van der Waals surface area contributed by atoms with Gasteiger partial charge in [-0.1, -0.05) is 0 Å². The highest BCUT2D eigenvalue weighted by molar-refractivity contribution is 5.93. The molecule has 0 atom stereocenters. The Hall–Kier alpha value is -1.58. The van der Waals surface area contributed by atoms with Crippen LogP contribution in [0.1, 0.15) is 28.9 Å². The lowest BCUT2D eigenvalue weighted by molar-refractivity contribution is 0.0820. The number of aromatic nitrogens is 1. The number of nitrogens with zero attached hydrogens (tertiary/aromatic N) is 2. The Labute approximate surface area is 95.2 Å². The van der Waals surface area contributed by atoms with Crippen molar-refractivity contribution in [2.24, 2.45) is 0 Å². The molecule has 0 unspecified atom stereocenters. The summed E-state index contributed by atoms with van der Waals surface area (Å²) in [5.41, 5.74) is 1.30. The Bertz CT molecular complexity index is 411. The monoisotopic (exact) mass is 220 g/mol. The van der Waals surface area contributed by atoms with Gasteiger partial charge in [0.15, 0.2) is 0 Å². The fraction of sp³-hybridized carbons (Fsp3) is 0.500. The third-order valence-corrected chi connectivity index (χ3v) is 2.58. The zero-order valence-electron chi connectivity index (χ0n) is 9.86. The number of carbonyl (C=O) groups excluding carboxylic acids is 1. The molecule has 1 heterocycles. The van der Waals surface area contributed by atoms with Crippen molar-refractivity contribution in [2.45, 2.75) is 25.9 Å². The van der Waals surface area contributed by atoms with Crippen LogP contribution in [-0.2, 0) is 0 Å². The van der Waals surface area contributed by atoms with Gasteiger partial charge in [0.2, 0.25) is 0 Å². The van der Waals surface area contributed by atoms with E-state index in [2.05, 4.69) is 4.98 Å². The first kappa shape index (κ1) is 10.9. The Kier molecular flexibility index (Phi) is 2.81. The maximum Gasteiger partial charge on any atom is 0.272 e. The molecule has 0 N–H and O–H groups in total. The smallest absolute Gasteiger partial charge is 0.272 e.